The number of hydrogen-bond donors (Lipinski definition) is 2. The lowest BCUT2D eigenvalue weighted by Gasteiger charge is -2.01. The van der Waals surface area contributed by atoms with Crippen LogP contribution < -0.4 is 10.6 Å². The van der Waals surface area contributed by atoms with Crippen LogP contribution in [0.25, 0.3) is 20.4 Å². The van der Waals surface area contributed by atoms with Gasteiger partial charge in [0.25, 0.3) is 0 Å². The predicted octanol–water partition coefficient (Wildman–Crippen LogP) is 4.56. The summed E-state index contributed by atoms with van der Waals surface area (Å²) in [6.45, 7) is 3.61. The Labute approximate surface area is 200 Å². The Morgan fingerprint density at radius 2 is 1.18 bits per heavy atom. The van der Waals surface area contributed by atoms with Crippen LogP contribution >= 0.6 is 22.7 Å². The number of amidine groups is 2. The van der Waals surface area contributed by atoms with Crippen molar-refractivity contribution in [2.24, 2.45) is 9.98 Å². The van der Waals surface area contributed by atoms with E-state index >= 15 is 0 Å². The van der Waals surface area contributed by atoms with Crippen LogP contribution in [0.15, 0.2) is 46.4 Å². The normalized spacial score (nSPS) is 15.6. The highest BCUT2D eigenvalue weighted by Crippen LogP contribution is 2.27. The van der Waals surface area contributed by atoms with Crippen LogP contribution in [0, 0.1) is 0 Å². The van der Waals surface area contributed by atoms with Crippen molar-refractivity contribution >= 4 is 54.8 Å². The molecular weight excluding hydrogens is 448 g/mol. The number of nitrogens with zero attached hydrogens (tertiary/aromatic N) is 4. The summed E-state index contributed by atoms with van der Waals surface area (Å²) >= 11 is 3.64. The summed E-state index contributed by atoms with van der Waals surface area (Å²) < 4.78 is 2.51. The van der Waals surface area contributed by atoms with Crippen molar-refractivity contribution in [1.82, 2.24) is 20.6 Å². The van der Waals surface area contributed by atoms with Gasteiger partial charge in [-0.1, -0.05) is 6.42 Å². The number of nitrogens with one attached hydrogen (secondary N) is 2. The van der Waals surface area contributed by atoms with E-state index in [4.69, 9.17) is 9.97 Å². The van der Waals surface area contributed by atoms with Gasteiger partial charge in [0, 0.05) is 24.2 Å². The van der Waals surface area contributed by atoms with Gasteiger partial charge in [0.1, 0.15) is 11.7 Å². The van der Waals surface area contributed by atoms with E-state index in [0.29, 0.717) is 0 Å². The predicted molar refractivity (Wildman–Crippen MR) is 139 cm³/mol. The number of hydrogen-bond acceptors (Lipinski definition) is 8. The first-order valence-electron chi connectivity index (χ1n) is 11.7. The van der Waals surface area contributed by atoms with Gasteiger partial charge in [-0.2, -0.15) is 0 Å². The van der Waals surface area contributed by atoms with Crippen LogP contribution in [0.5, 0.6) is 0 Å². The van der Waals surface area contributed by atoms with Gasteiger partial charge in [-0.3, -0.25) is 9.98 Å². The second-order valence-electron chi connectivity index (χ2n) is 8.46. The second-order valence-corrected chi connectivity index (χ2v) is 10.7. The van der Waals surface area contributed by atoms with Crippen molar-refractivity contribution in [3.05, 3.63) is 57.5 Å². The molecule has 0 radical (unpaired) electrons. The Kier molecular flexibility index (Phi) is 5.78. The minimum Gasteiger partial charge on any atom is -0.368 e. The number of aliphatic imine (C=N–C) groups is 2. The molecule has 0 saturated heterocycles. The quantitative estimate of drug-likeness (QED) is 0.367. The van der Waals surface area contributed by atoms with Gasteiger partial charge in [0.15, 0.2) is 0 Å². The Hall–Kier alpha value is -2.84. The molecule has 33 heavy (non-hydrogen) atoms. The Morgan fingerprint density at radius 1 is 0.667 bits per heavy atom. The smallest absolute Gasteiger partial charge is 0.128 e. The molecule has 8 heteroatoms. The molecule has 6 nitrogen and oxygen atoms in total. The number of fused-ring (bicyclic) bond motifs is 2. The summed E-state index contributed by atoms with van der Waals surface area (Å²) in [5.74, 6) is 2.03. The molecular formula is C25H26N6S2. The molecule has 0 saturated carbocycles. The van der Waals surface area contributed by atoms with Gasteiger partial charge in [-0.15, -0.1) is 22.7 Å². The summed E-state index contributed by atoms with van der Waals surface area (Å²) in [7, 11) is 0. The van der Waals surface area contributed by atoms with Gasteiger partial charge < -0.3 is 10.6 Å². The zero-order valence-electron chi connectivity index (χ0n) is 18.4. The largest absolute Gasteiger partial charge is 0.368 e. The van der Waals surface area contributed by atoms with Crippen molar-refractivity contribution in [3.63, 3.8) is 0 Å². The van der Waals surface area contributed by atoms with E-state index in [2.05, 4.69) is 57.0 Å². The third-order valence-corrected chi connectivity index (χ3v) is 8.20. The van der Waals surface area contributed by atoms with Crippen molar-refractivity contribution in [2.45, 2.75) is 32.1 Å². The summed E-state index contributed by atoms with van der Waals surface area (Å²) in [6.07, 6.45) is 5.63. The molecule has 2 aliphatic rings. The average molecular weight is 475 g/mol. The number of aromatic nitrogens is 2. The van der Waals surface area contributed by atoms with E-state index in [-0.39, 0.29) is 0 Å². The highest BCUT2D eigenvalue weighted by molar-refractivity contribution is 7.18. The van der Waals surface area contributed by atoms with E-state index in [1.165, 1.54) is 49.8 Å². The molecule has 0 aliphatic carbocycles. The first-order chi connectivity index (χ1) is 16.3. The number of thiazole rings is 2. The number of aryl methyl sites for hydroxylation is 2. The van der Waals surface area contributed by atoms with Crippen molar-refractivity contribution in [3.8, 4) is 0 Å². The third-order valence-electron chi connectivity index (χ3n) is 6.04. The SMILES string of the molecule is c1cc2nc(CCCCCc3nc4ccc(C5=NCCN5)cc4s3)sc2cc1C1=NCCN1. The highest BCUT2D eigenvalue weighted by Gasteiger charge is 2.12. The molecule has 4 heterocycles. The fourth-order valence-electron chi connectivity index (χ4n) is 4.36. The lowest BCUT2D eigenvalue weighted by atomic mass is 10.1. The van der Waals surface area contributed by atoms with E-state index in [9.17, 15) is 0 Å². The molecule has 2 aromatic heterocycles. The molecule has 0 atom stereocenters. The first-order valence-corrected chi connectivity index (χ1v) is 13.3. The van der Waals surface area contributed by atoms with Gasteiger partial charge in [-0.25, -0.2) is 9.97 Å². The van der Waals surface area contributed by atoms with Crippen LogP contribution in [-0.2, 0) is 12.8 Å². The maximum atomic E-state index is 4.84. The monoisotopic (exact) mass is 474 g/mol. The molecule has 6 rings (SSSR count). The topological polar surface area (TPSA) is 74.6 Å². The molecule has 0 bridgehead atoms. The van der Waals surface area contributed by atoms with Crippen LogP contribution in [0.2, 0.25) is 0 Å². The van der Waals surface area contributed by atoms with Crippen LogP contribution in [0.1, 0.15) is 40.4 Å². The third kappa shape index (κ3) is 4.50. The van der Waals surface area contributed by atoms with Gasteiger partial charge in [0.05, 0.1) is 43.5 Å². The molecule has 0 fully saturated rings. The fraction of sp³-hybridized carbons (Fsp3) is 0.360. The minimum absolute atomic E-state index is 0.868. The van der Waals surface area contributed by atoms with Crippen molar-refractivity contribution < 1.29 is 0 Å². The Morgan fingerprint density at radius 3 is 1.64 bits per heavy atom. The number of unbranched alkanes of at least 4 members (excludes halogenated alkanes) is 2. The maximum absolute atomic E-state index is 4.84. The highest BCUT2D eigenvalue weighted by atomic mass is 32.1. The van der Waals surface area contributed by atoms with Crippen molar-refractivity contribution in [1.29, 1.82) is 0 Å². The first kappa shape index (κ1) is 20.7. The molecule has 168 valence electrons. The van der Waals surface area contributed by atoms with Gasteiger partial charge >= 0.3 is 0 Å². The Balaban J connectivity index is 1.02. The van der Waals surface area contributed by atoms with Gasteiger partial charge in [0.2, 0.25) is 0 Å². The van der Waals surface area contributed by atoms with Crippen LogP contribution in [0.3, 0.4) is 0 Å². The molecule has 2 N–H and O–H groups in total. The average Bonchev–Trinajstić information content (AvgIpc) is 3.64. The maximum Gasteiger partial charge on any atom is 0.128 e. The molecule has 2 aromatic carbocycles. The zero-order valence-corrected chi connectivity index (χ0v) is 20.1. The number of benzene rings is 2. The second kappa shape index (κ2) is 9.19. The lowest BCUT2D eigenvalue weighted by molar-refractivity contribution is 0.676. The van der Waals surface area contributed by atoms with E-state index in [1.54, 1.807) is 0 Å². The fourth-order valence-corrected chi connectivity index (χ4v) is 6.46. The molecule has 2 aliphatic heterocycles. The summed E-state index contributed by atoms with van der Waals surface area (Å²) in [5.41, 5.74) is 4.55. The molecule has 0 spiro atoms. The summed E-state index contributed by atoms with van der Waals surface area (Å²) in [6, 6.07) is 13.0. The van der Waals surface area contributed by atoms with Crippen molar-refractivity contribution in [2.75, 3.05) is 26.2 Å². The summed E-state index contributed by atoms with van der Waals surface area (Å²) in [4.78, 5) is 18.7. The van der Waals surface area contributed by atoms with Gasteiger partial charge in [-0.05, 0) is 62.1 Å². The molecule has 0 unspecified atom stereocenters. The minimum atomic E-state index is 0.868. The summed E-state index contributed by atoms with van der Waals surface area (Å²) in [5, 5.41) is 9.17. The zero-order chi connectivity index (χ0) is 22.0. The Bertz CT molecular complexity index is 1260. The van der Waals surface area contributed by atoms with E-state index in [0.717, 1.165) is 61.7 Å². The van der Waals surface area contributed by atoms with Crippen LogP contribution in [0.4, 0.5) is 0 Å². The van der Waals surface area contributed by atoms with Crippen LogP contribution in [-0.4, -0.2) is 47.8 Å². The molecule has 0 amide bonds. The van der Waals surface area contributed by atoms with E-state index in [1.807, 2.05) is 22.7 Å². The van der Waals surface area contributed by atoms with E-state index < -0.39 is 0 Å². The standard InChI is InChI=1S/C25H26N6S2/c1(2-4-22-30-18-8-6-16(14-20(18)32-22)24-26-10-11-27-24)3-5-23-31-19-9-7-17(15-21(19)33-23)25-28-12-13-29-25/h6-9,14-15H,1-5,10-13H2,(H,26,27)(H,28,29). The lowest BCUT2D eigenvalue weighted by Crippen LogP contribution is -2.19. The number of rotatable bonds is 8. The molecule has 4 aromatic rings.